The third-order valence-corrected chi connectivity index (χ3v) is 2.05. The second-order valence-corrected chi connectivity index (χ2v) is 3.65. The molecule has 0 aromatic rings. The maximum Gasteiger partial charge on any atom is 0.222 e. The number of nitrogens with zero attached hydrogens (tertiary/aromatic N) is 1. The van der Waals surface area contributed by atoms with Crippen LogP contribution in [0.1, 0.15) is 27.2 Å². The van der Waals surface area contributed by atoms with Crippen LogP contribution >= 0.6 is 0 Å². The first-order chi connectivity index (χ1) is 6.99. The van der Waals surface area contributed by atoms with Crippen LogP contribution in [0.4, 0.5) is 0 Å². The van der Waals surface area contributed by atoms with Gasteiger partial charge in [0, 0.05) is 32.5 Å². The molecule has 0 atom stereocenters. The molecule has 4 nitrogen and oxygen atoms in total. The average molecular weight is 212 g/mol. The van der Waals surface area contributed by atoms with Crippen LogP contribution in [0.3, 0.4) is 0 Å². The van der Waals surface area contributed by atoms with Crippen molar-refractivity contribution in [1.82, 2.24) is 10.2 Å². The molecule has 86 valence electrons. The molecule has 0 unspecified atom stereocenters. The zero-order chi connectivity index (χ0) is 11.8. The number of hydrogen-bond donors (Lipinski definition) is 1. The van der Waals surface area contributed by atoms with Gasteiger partial charge in [-0.05, 0) is 13.8 Å². The lowest BCUT2D eigenvalue weighted by Gasteiger charge is -2.24. The summed E-state index contributed by atoms with van der Waals surface area (Å²) in [7, 11) is 0. The highest BCUT2D eigenvalue weighted by atomic mass is 16.2. The van der Waals surface area contributed by atoms with Gasteiger partial charge in [0.25, 0.3) is 0 Å². The summed E-state index contributed by atoms with van der Waals surface area (Å²) in [6.07, 6.45) is 1.97. The Morgan fingerprint density at radius 1 is 1.47 bits per heavy atom. The second kappa shape index (κ2) is 7.04. The largest absolute Gasteiger partial charge is 0.353 e. The Kier molecular flexibility index (Phi) is 6.42. The van der Waals surface area contributed by atoms with Crippen LogP contribution in [-0.4, -0.2) is 35.8 Å². The lowest BCUT2D eigenvalue weighted by Crippen LogP contribution is -2.38. The van der Waals surface area contributed by atoms with Gasteiger partial charge in [-0.3, -0.25) is 9.59 Å². The lowest BCUT2D eigenvalue weighted by molar-refractivity contribution is -0.131. The van der Waals surface area contributed by atoms with E-state index in [1.165, 1.54) is 6.92 Å². The number of rotatable bonds is 6. The molecule has 0 fully saturated rings. The molecular weight excluding hydrogens is 192 g/mol. The monoisotopic (exact) mass is 212 g/mol. The predicted molar refractivity (Wildman–Crippen MR) is 60.3 cm³/mol. The average Bonchev–Trinajstić information content (AvgIpc) is 2.13. The first-order valence-corrected chi connectivity index (χ1v) is 5.13. The molecule has 0 aliphatic rings. The summed E-state index contributed by atoms with van der Waals surface area (Å²) in [5.41, 5.74) is 0. The molecule has 0 bridgehead atoms. The van der Waals surface area contributed by atoms with Crippen molar-refractivity contribution < 1.29 is 9.59 Å². The minimum Gasteiger partial charge on any atom is -0.353 e. The summed E-state index contributed by atoms with van der Waals surface area (Å²) < 4.78 is 0. The maximum absolute atomic E-state index is 11.3. The van der Waals surface area contributed by atoms with Gasteiger partial charge < -0.3 is 10.2 Å². The van der Waals surface area contributed by atoms with E-state index in [4.69, 9.17) is 0 Å². The van der Waals surface area contributed by atoms with Crippen LogP contribution in [0.5, 0.6) is 0 Å². The fourth-order valence-electron chi connectivity index (χ4n) is 1.28. The van der Waals surface area contributed by atoms with Crippen LogP contribution in [0.25, 0.3) is 0 Å². The van der Waals surface area contributed by atoms with Crippen LogP contribution in [-0.2, 0) is 9.59 Å². The van der Waals surface area contributed by atoms with Gasteiger partial charge in [0.1, 0.15) is 0 Å². The molecule has 15 heavy (non-hydrogen) atoms. The van der Waals surface area contributed by atoms with Gasteiger partial charge in [-0.1, -0.05) is 6.08 Å². The minimum absolute atomic E-state index is 0.00141. The zero-order valence-corrected chi connectivity index (χ0v) is 9.75. The molecule has 0 saturated carbocycles. The van der Waals surface area contributed by atoms with Gasteiger partial charge in [0.05, 0.1) is 0 Å². The Labute approximate surface area is 91.3 Å². The summed E-state index contributed by atoms with van der Waals surface area (Å²) in [4.78, 5) is 24.1. The molecule has 0 aromatic carbocycles. The molecule has 2 amide bonds. The standard InChI is InChI=1S/C11H20N2O2/c1-5-7-12-11(15)6-8-13(9(2)3)10(4)14/h5,9H,1,6-8H2,2-4H3,(H,12,15). The second-order valence-electron chi connectivity index (χ2n) is 3.65. The van der Waals surface area contributed by atoms with Gasteiger partial charge in [0.2, 0.25) is 11.8 Å². The van der Waals surface area contributed by atoms with E-state index >= 15 is 0 Å². The fourth-order valence-corrected chi connectivity index (χ4v) is 1.28. The Morgan fingerprint density at radius 3 is 2.47 bits per heavy atom. The summed E-state index contributed by atoms with van der Waals surface area (Å²) in [5.74, 6) is -0.0525. The maximum atomic E-state index is 11.3. The Balaban J connectivity index is 3.94. The number of hydrogen-bond acceptors (Lipinski definition) is 2. The van der Waals surface area contributed by atoms with Gasteiger partial charge >= 0.3 is 0 Å². The first-order valence-electron chi connectivity index (χ1n) is 5.13. The molecule has 0 saturated heterocycles. The summed E-state index contributed by atoms with van der Waals surface area (Å²) in [6.45, 7) is 9.83. The van der Waals surface area contributed by atoms with Crippen molar-refractivity contribution in [3.63, 3.8) is 0 Å². The first kappa shape index (κ1) is 13.7. The highest BCUT2D eigenvalue weighted by molar-refractivity contribution is 5.78. The molecule has 0 rings (SSSR count). The van der Waals surface area contributed by atoms with Crippen molar-refractivity contribution in [2.24, 2.45) is 0 Å². The third-order valence-electron chi connectivity index (χ3n) is 2.05. The summed E-state index contributed by atoms with van der Waals surface area (Å²) in [5, 5.41) is 2.67. The van der Waals surface area contributed by atoms with E-state index in [0.29, 0.717) is 19.5 Å². The van der Waals surface area contributed by atoms with Crippen LogP contribution in [0, 0.1) is 0 Å². The molecule has 0 spiro atoms. The van der Waals surface area contributed by atoms with E-state index in [1.54, 1.807) is 11.0 Å². The molecule has 0 heterocycles. The molecule has 4 heteroatoms. The van der Waals surface area contributed by atoms with E-state index < -0.39 is 0 Å². The van der Waals surface area contributed by atoms with Gasteiger partial charge in [-0.25, -0.2) is 0 Å². The van der Waals surface area contributed by atoms with E-state index in [-0.39, 0.29) is 17.9 Å². The highest BCUT2D eigenvalue weighted by Crippen LogP contribution is 2.00. The van der Waals surface area contributed by atoms with Crippen LogP contribution < -0.4 is 5.32 Å². The van der Waals surface area contributed by atoms with Gasteiger partial charge in [-0.15, -0.1) is 6.58 Å². The summed E-state index contributed by atoms with van der Waals surface area (Å²) in [6, 6.07) is 0.134. The van der Waals surface area contributed by atoms with Crippen molar-refractivity contribution >= 4 is 11.8 Å². The SMILES string of the molecule is C=CCNC(=O)CCN(C(C)=O)C(C)C. The van der Waals surface area contributed by atoms with Crippen molar-refractivity contribution in [2.45, 2.75) is 33.2 Å². The van der Waals surface area contributed by atoms with Crippen LogP contribution in [0.15, 0.2) is 12.7 Å². The number of nitrogens with one attached hydrogen (secondary N) is 1. The van der Waals surface area contributed by atoms with Gasteiger partial charge in [-0.2, -0.15) is 0 Å². The van der Waals surface area contributed by atoms with E-state index in [9.17, 15) is 9.59 Å². The number of amides is 2. The lowest BCUT2D eigenvalue weighted by atomic mass is 10.2. The van der Waals surface area contributed by atoms with Crippen molar-refractivity contribution in [1.29, 1.82) is 0 Å². The van der Waals surface area contributed by atoms with Crippen LogP contribution in [0.2, 0.25) is 0 Å². The highest BCUT2D eigenvalue weighted by Gasteiger charge is 2.13. The molecule has 0 aromatic heterocycles. The normalized spacial score (nSPS) is 9.87. The number of carbonyl (C=O) groups excluding carboxylic acids is 2. The van der Waals surface area contributed by atoms with E-state index in [2.05, 4.69) is 11.9 Å². The van der Waals surface area contributed by atoms with Crippen molar-refractivity contribution in [3.05, 3.63) is 12.7 Å². The Bertz CT molecular complexity index is 237. The quantitative estimate of drug-likeness (QED) is 0.666. The molecule has 0 aliphatic heterocycles. The van der Waals surface area contributed by atoms with Crippen molar-refractivity contribution in [3.8, 4) is 0 Å². The topological polar surface area (TPSA) is 49.4 Å². The molecule has 1 N–H and O–H groups in total. The Hall–Kier alpha value is -1.32. The third kappa shape index (κ3) is 5.88. The fraction of sp³-hybridized carbons (Fsp3) is 0.636. The minimum atomic E-state index is -0.0539. The van der Waals surface area contributed by atoms with Gasteiger partial charge in [0.15, 0.2) is 0 Å². The Morgan fingerprint density at radius 2 is 2.07 bits per heavy atom. The van der Waals surface area contributed by atoms with E-state index in [0.717, 1.165) is 0 Å². The molecule has 0 aliphatic carbocycles. The number of carbonyl (C=O) groups is 2. The molecule has 0 radical (unpaired) electrons. The zero-order valence-electron chi connectivity index (χ0n) is 9.75. The summed E-state index contributed by atoms with van der Waals surface area (Å²) >= 11 is 0. The van der Waals surface area contributed by atoms with E-state index in [1.807, 2.05) is 13.8 Å². The van der Waals surface area contributed by atoms with Crippen molar-refractivity contribution in [2.75, 3.05) is 13.1 Å². The smallest absolute Gasteiger partial charge is 0.222 e. The predicted octanol–water partition coefficient (Wildman–Crippen LogP) is 0.936. The molecular formula is C11H20N2O2.